The van der Waals surface area contributed by atoms with Crippen molar-refractivity contribution in [1.82, 2.24) is 10.2 Å². The molecule has 106 valence electrons. The molecule has 5 heteroatoms. The number of aromatic nitrogens is 2. The Kier molecular flexibility index (Phi) is 3.55. The monoisotopic (exact) mass is 280 g/mol. The van der Waals surface area contributed by atoms with Crippen molar-refractivity contribution in [2.45, 2.75) is 12.8 Å². The van der Waals surface area contributed by atoms with Gasteiger partial charge in [0.2, 0.25) is 5.91 Å². The van der Waals surface area contributed by atoms with Crippen LogP contribution < -0.4 is 11.1 Å². The molecular weight excluding hydrogens is 264 g/mol. The van der Waals surface area contributed by atoms with Crippen molar-refractivity contribution in [3.63, 3.8) is 0 Å². The number of aryl methyl sites for hydroxylation is 1. The van der Waals surface area contributed by atoms with Crippen LogP contribution in [0.3, 0.4) is 0 Å². The molecule has 1 amide bonds. The van der Waals surface area contributed by atoms with Gasteiger partial charge in [-0.25, -0.2) is 0 Å². The fourth-order valence-electron chi connectivity index (χ4n) is 2.19. The maximum atomic E-state index is 12.0. The summed E-state index contributed by atoms with van der Waals surface area (Å²) >= 11 is 0. The number of carbonyl (C=O) groups excluding carboxylic acids is 1. The number of hydrogen-bond acceptors (Lipinski definition) is 3. The molecule has 0 bridgehead atoms. The first-order valence-corrected chi connectivity index (χ1v) is 6.78. The second-order valence-corrected chi connectivity index (χ2v) is 4.96. The number of hydrogen-bond donors (Lipinski definition) is 3. The molecule has 5 nitrogen and oxygen atoms in total. The number of nitrogen functional groups attached to an aromatic ring is 1. The van der Waals surface area contributed by atoms with E-state index in [9.17, 15) is 4.79 Å². The number of aromatic amines is 1. The second kappa shape index (κ2) is 5.66. The number of rotatable bonds is 4. The van der Waals surface area contributed by atoms with Crippen molar-refractivity contribution in [3.8, 4) is 0 Å². The van der Waals surface area contributed by atoms with Crippen molar-refractivity contribution in [3.05, 3.63) is 54.2 Å². The van der Waals surface area contributed by atoms with Crippen molar-refractivity contribution < 1.29 is 4.79 Å². The Bertz CT molecular complexity index is 761. The molecule has 1 aromatic heterocycles. The van der Waals surface area contributed by atoms with Gasteiger partial charge in [-0.2, -0.15) is 5.10 Å². The standard InChI is InChI=1S/C16H16N4O/c17-13-4-1-11(2-5-13)3-8-16(21)19-14-6-7-15-12(9-14)10-18-20-15/h1-2,4-7,9-10H,3,8,17H2,(H,18,20)(H,19,21). The summed E-state index contributed by atoms with van der Waals surface area (Å²) in [6.45, 7) is 0. The molecule has 3 aromatic rings. The van der Waals surface area contributed by atoms with Crippen molar-refractivity contribution >= 4 is 28.2 Å². The van der Waals surface area contributed by atoms with Gasteiger partial charge in [-0.05, 0) is 42.3 Å². The Hall–Kier alpha value is -2.82. The normalized spacial score (nSPS) is 10.7. The summed E-state index contributed by atoms with van der Waals surface area (Å²) in [5.41, 5.74) is 9.21. The van der Waals surface area contributed by atoms with Crippen LogP contribution in [0, 0.1) is 0 Å². The highest BCUT2D eigenvalue weighted by Crippen LogP contribution is 2.17. The molecular formula is C16H16N4O. The van der Waals surface area contributed by atoms with Gasteiger partial charge in [0.25, 0.3) is 0 Å². The van der Waals surface area contributed by atoms with Crippen LogP contribution in [-0.4, -0.2) is 16.1 Å². The van der Waals surface area contributed by atoms with E-state index < -0.39 is 0 Å². The highest BCUT2D eigenvalue weighted by Gasteiger charge is 2.04. The minimum Gasteiger partial charge on any atom is -0.399 e. The SMILES string of the molecule is Nc1ccc(CCC(=O)Nc2ccc3[nH]ncc3c2)cc1. The highest BCUT2D eigenvalue weighted by atomic mass is 16.1. The number of anilines is 2. The van der Waals surface area contributed by atoms with E-state index in [1.54, 1.807) is 6.20 Å². The largest absolute Gasteiger partial charge is 0.399 e. The second-order valence-electron chi connectivity index (χ2n) is 4.96. The molecule has 0 atom stereocenters. The van der Waals surface area contributed by atoms with Gasteiger partial charge >= 0.3 is 0 Å². The van der Waals surface area contributed by atoms with Gasteiger partial charge in [-0.15, -0.1) is 0 Å². The number of benzene rings is 2. The summed E-state index contributed by atoms with van der Waals surface area (Å²) < 4.78 is 0. The number of carbonyl (C=O) groups is 1. The lowest BCUT2D eigenvalue weighted by Crippen LogP contribution is -2.12. The molecule has 0 spiro atoms. The summed E-state index contributed by atoms with van der Waals surface area (Å²) in [5.74, 6) is -0.00494. The van der Waals surface area contributed by atoms with Crippen LogP contribution in [0.15, 0.2) is 48.7 Å². The van der Waals surface area contributed by atoms with E-state index in [4.69, 9.17) is 5.73 Å². The fourth-order valence-corrected chi connectivity index (χ4v) is 2.19. The molecule has 4 N–H and O–H groups in total. The van der Waals surface area contributed by atoms with Crippen molar-refractivity contribution in [2.75, 3.05) is 11.1 Å². The zero-order valence-corrected chi connectivity index (χ0v) is 11.5. The highest BCUT2D eigenvalue weighted by molar-refractivity contribution is 5.93. The number of amides is 1. The fraction of sp³-hybridized carbons (Fsp3) is 0.125. The zero-order chi connectivity index (χ0) is 14.7. The van der Waals surface area contributed by atoms with E-state index in [2.05, 4.69) is 15.5 Å². The predicted molar refractivity (Wildman–Crippen MR) is 83.9 cm³/mol. The van der Waals surface area contributed by atoms with Crippen LogP contribution in [0.2, 0.25) is 0 Å². The van der Waals surface area contributed by atoms with Crippen LogP contribution in [0.5, 0.6) is 0 Å². The first kappa shape index (κ1) is 13.2. The predicted octanol–water partition coefficient (Wildman–Crippen LogP) is 2.72. The van der Waals surface area contributed by atoms with Gasteiger partial charge in [0.1, 0.15) is 0 Å². The molecule has 0 saturated carbocycles. The lowest BCUT2D eigenvalue weighted by molar-refractivity contribution is -0.116. The Morgan fingerprint density at radius 2 is 2.00 bits per heavy atom. The van der Waals surface area contributed by atoms with Gasteiger partial charge in [0.15, 0.2) is 0 Å². The number of nitrogens with two attached hydrogens (primary N) is 1. The van der Waals surface area contributed by atoms with Crippen molar-refractivity contribution in [2.24, 2.45) is 0 Å². The van der Waals surface area contributed by atoms with Gasteiger partial charge in [-0.3, -0.25) is 9.89 Å². The van der Waals surface area contributed by atoms with Crippen LogP contribution in [0.4, 0.5) is 11.4 Å². The zero-order valence-electron chi connectivity index (χ0n) is 11.5. The van der Waals surface area contributed by atoms with Crippen molar-refractivity contribution in [1.29, 1.82) is 0 Å². The molecule has 0 aliphatic carbocycles. The molecule has 3 rings (SSSR count). The maximum absolute atomic E-state index is 12.0. The van der Waals surface area contributed by atoms with Crippen LogP contribution in [-0.2, 0) is 11.2 Å². The Morgan fingerprint density at radius 3 is 2.81 bits per heavy atom. The molecule has 1 heterocycles. The third-order valence-electron chi connectivity index (χ3n) is 3.34. The van der Waals surface area contributed by atoms with Crippen LogP contribution >= 0.6 is 0 Å². The first-order valence-electron chi connectivity index (χ1n) is 6.78. The van der Waals surface area contributed by atoms with Gasteiger partial charge in [-0.1, -0.05) is 12.1 Å². The Morgan fingerprint density at radius 1 is 1.19 bits per heavy atom. The van der Waals surface area contributed by atoms with Gasteiger partial charge in [0.05, 0.1) is 11.7 Å². The molecule has 0 aliphatic heterocycles. The Balaban J connectivity index is 1.59. The van der Waals surface area contributed by atoms with E-state index in [0.717, 1.165) is 27.8 Å². The average Bonchev–Trinajstić information content (AvgIpc) is 2.94. The van der Waals surface area contributed by atoms with Gasteiger partial charge < -0.3 is 11.1 Å². The average molecular weight is 280 g/mol. The van der Waals surface area contributed by atoms with E-state index in [1.807, 2.05) is 42.5 Å². The summed E-state index contributed by atoms with van der Waals surface area (Å²) in [5, 5.41) is 10.7. The van der Waals surface area contributed by atoms with E-state index in [1.165, 1.54) is 0 Å². The lowest BCUT2D eigenvalue weighted by Gasteiger charge is -2.06. The molecule has 21 heavy (non-hydrogen) atoms. The first-order chi connectivity index (χ1) is 10.2. The third-order valence-corrected chi connectivity index (χ3v) is 3.34. The smallest absolute Gasteiger partial charge is 0.224 e. The number of H-pyrrole nitrogens is 1. The number of nitrogens with zero attached hydrogens (tertiary/aromatic N) is 1. The summed E-state index contributed by atoms with van der Waals surface area (Å²) in [6.07, 6.45) is 2.87. The summed E-state index contributed by atoms with van der Waals surface area (Å²) in [4.78, 5) is 12.0. The van der Waals surface area contributed by atoms with E-state index in [0.29, 0.717) is 12.8 Å². The minimum atomic E-state index is -0.00494. The minimum absolute atomic E-state index is 0.00494. The molecule has 0 radical (unpaired) electrons. The topological polar surface area (TPSA) is 83.8 Å². The van der Waals surface area contributed by atoms with Gasteiger partial charge in [0, 0.05) is 23.2 Å². The summed E-state index contributed by atoms with van der Waals surface area (Å²) in [7, 11) is 0. The molecule has 0 aliphatic rings. The molecule has 0 saturated heterocycles. The molecule has 0 fully saturated rings. The maximum Gasteiger partial charge on any atom is 0.224 e. The quantitative estimate of drug-likeness (QED) is 0.642. The molecule has 2 aromatic carbocycles. The number of nitrogens with one attached hydrogen (secondary N) is 2. The number of fused-ring (bicyclic) bond motifs is 1. The van der Waals surface area contributed by atoms with Crippen LogP contribution in [0.1, 0.15) is 12.0 Å². The summed E-state index contributed by atoms with van der Waals surface area (Å²) in [6, 6.07) is 13.2. The van der Waals surface area contributed by atoms with Crippen LogP contribution in [0.25, 0.3) is 10.9 Å². The van der Waals surface area contributed by atoms with E-state index >= 15 is 0 Å². The van der Waals surface area contributed by atoms with E-state index in [-0.39, 0.29) is 5.91 Å². The molecule has 0 unspecified atom stereocenters. The lowest BCUT2D eigenvalue weighted by atomic mass is 10.1. The Labute approximate surface area is 122 Å². The third kappa shape index (κ3) is 3.20.